The van der Waals surface area contributed by atoms with Gasteiger partial charge in [0.05, 0.1) is 11.8 Å². The molecule has 5 nitrogen and oxygen atoms in total. The third-order valence-electron chi connectivity index (χ3n) is 2.86. The Morgan fingerprint density at radius 1 is 1.38 bits per heavy atom. The summed E-state index contributed by atoms with van der Waals surface area (Å²) in [6, 6.07) is 9.59. The van der Waals surface area contributed by atoms with Crippen molar-refractivity contribution in [3.05, 3.63) is 29.8 Å². The monoisotopic (exact) mass is 307 g/mol. The van der Waals surface area contributed by atoms with Crippen molar-refractivity contribution in [3.63, 3.8) is 0 Å². The fraction of sp³-hybridized carbons (Fsp3) is 0.467. The normalized spacial score (nSPS) is 12.7. The molecule has 2 N–H and O–H groups in total. The highest BCUT2D eigenvalue weighted by Crippen LogP contribution is 2.13. The van der Waals surface area contributed by atoms with E-state index in [9.17, 15) is 4.21 Å². The zero-order valence-electron chi connectivity index (χ0n) is 12.2. The van der Waals surface area contributed by atoms with Crippen LogP contribution in [-0.2, 0) is 15.6 Å². The molecule has 1 atom stereocenters. The second-order valence-electron chi connectivity index (χ2n) is 4.50. The van der Waals surface area contributed by atoms with E-state index in [4.69, 9.17) is 15.8 Å². The first kappa shape index (κ1) is 17.3. The number of benzene rings is 1. The maximum atomic E-state index is 11.4. The molecule has 0 aliphatic heterocycles. The van der Waals surface area contributed by atoms with Gasteiger partial charge in [-0.3, -0.25) is 4.21 Å². The molecular formula is C15H21N3O2S. The van der Waals surface area contributed by atoms with Gasteiger partial charge in [0.1, 0.15) is 6.61 Å². The zero-order chi connectivity index (χ0) is 15.5. The van der Waals surface area contributed by atoms with Gasteiger partial charge in [-0.05, 0) is 37.0 Å². The summed E-state index contributed by atoms with van der Waals surface area (Å²) in [5.41, 5.74) is 7.15. The molecule has 1 rings (SSSR count). The molecule has 0 amide bonds. The van der Waals surface area contributed by atoms with E-state index in [0.717, 1.165) is 35.4 Å². The summed E-state index contributed by atoms with van der Waals surface area (Å²) in [6.45, 7) is 0.789. The van der Waals surface area contributed by atoms with Crippen LogP contribution in [0.1, 0.15) is 31.2 Å². The van der Waals surface area contributed by atoms with E-state index in [0.29, 0.717) is 19.6 Å². The fourth-order valence-electron chi connectivity index (χ4n) is 1.75. The summed E-state index contributed by atoms with van der Waals surface area (Å²) in [5, 5.41) is 12.7. The quantitative estimate of drug-likeness (QED) is 0.430. The van der Waals surface area contributed by atoms with Crippen LogP contribution < -0.4 is 5.73 Å². The van der Waals surface area contributed by atoms with Gasteiger partial charge < -0.3 is 10.6 Å². The molecule has 0 radical (unpaired) electrons. The number of nitriles is 1. The molecule has 0 saturated heterocycles. The van der Waals surface area contributed by atoms with Crippen molar-refractivity contribution in [2.24, 2.45) is 10.9 Å². The maximum absolute atomic E-state index is 11.4. The Balaban J connectivity index is 2.76. The molecule has 1 unspecified atom stereocenters. The van der Waals surface area contributed by atoms with Gasteiger partial charge in [0.25, 0.3) is 0 Å². The molecule has 0 aliphatic carbocycles. The van der Waals surface area contributed by atoms with E-state index < -0.39 is 10.8 Å². The van der Waals surface area contributed by atoms with Crippen molar-refractivity contribution >= 4 is 16.5 Å². The van der Waals surface area contributed by atoms with Gasteiger partial charge in [0.2, 0.25) is 0 Å². The van der Waals surface area contributed by atoms with Crippen molar-refractivity contribution < 1.29 is 9.05 Å². The molecule has 1 aromatic carbocycles. The SMILES string of the molecule is CS(=O)c1ccc(C(CCCCC#N)=NOCCN)cc1. The van der Waals surface area contributed by atoms with Gasteiger partial charge in [0.15, 0.2) is 0 Å². The molecular weight excluding hydrogens is 286 g/mol. The van der Waals surface area contributed by atoms with Crippen LogP contribution in [0.15, 0.2) is 34.3 Å². The molecule has 0 spiro atoms. The van der Waals surface area contributed by atoms with Crippen LogP contribution in [0.5, 0.6) is 0 Å². The second-order valence-corrected chi connectivity index (χ2v) is 5.88. The number of oxime groups is 1. The van der Waals surface area contributed by atoms with Crippen LogP contribution in [0.4, 0.5) is 0 Å². The van der Waals surface area contributed by atoms with E-state index in [2.05, 4.69) is 11.2 Å². The first-order valence-corrected chi connectivity index (χ1v) is 8.44. The maximum Gasteiger partial charge on any atom is 0.129 e. The number of nitrogens with two attached hydrogens (primary N) is 1. The van der Waals surface area contributed by atoms with Gasteiger partial charge >= 0.3 is 0 Å². The van der Waals surface area contributed by atoms with Crippen LogP contribution in [0.25, 0.3) is 0 Å². The average molecular weight is 307 g/mol. The van der Waals surface area contributed by atoms with E-state index in [-0.39, 0.29) is 0 Å². The minimum absolute atomic E-state index is 0.374. The topological polar surface area (TPSA) is 88.5 Å². The van der Waals surface area contributed by atoms with Crippen LogP contribution in [0, 0.1) is 11.3 Å². The molecule has 21 heavy (non-hydrogen) atoms. The molecule has 6 heteroatoms. The average Bonchev–Trinajstić information content (AvgIpc) is 2.50. The van der Waals surface area contributed by atoms with Gasteiger partial charge in [-0.1, -0.05) is 17.3 Å². The lowest BCUT2D eigenvalue weighted by molar-refractivity contribution is 0.152. The van der Waals surface area contributed by atoms with Gasteiger partial charge in [-0.2, -0.15) is 5.26 Å². The van der Waals surface area contributed by atoms with E-state index >= 15 is 0 Å². The fourth-order valence-corrected chi connectivity index (χ4v) is 2.27. The standard InChI is InChI=1S/C15H21N3O2S/c1-21(19)14-8-6-13(7-9-14)15(18-20-12-11-17)5-3-2-4-10-16/h6-9H,2-5,11-12,17H2,1H3. The summed E-state index contributed by atoms with van der Waals surface area (Å²) in [4.78, 5) is 5.95. The zero-order valence-corrected chi connectivity index (χ0v) is 13.1. The minimum atomic E-state index is -0.989. The van der Waals surface area contributed by atoms with Gasteiger partial charge in [0, 0.05) is 34.9 Å². The Morgan fingerprint density at radius 3 is 2.67 bits per heavy atom. The number of hydrogen-bond donors (Lipinski definition) is 1. The number of nitrogens with zero attached hydrogens (tertiary/aromatic N) is 2. The lowest BCUT2D eigenvalue weighted by Gasteiger charge is -2.07. The highest BCUT2D eigenvalue weighted by molar-refractivity contribution is 7.84. The molecule has 1 aromatic rings. The van der Waals surface area contributed by atoms with Gasteiger partial charge in [-0.25, -0.2) is 0 Å². The van der Waals surface area contributed by atoms with Crippen molar-refractivity contribution in [2.45, 2.75) is 30.6 Å². The van der Waals surface area contributed by atoms with Crippen molar-refractivity contribution in [1.82, 2.24) is 0 Å². The summed E-state index contributed by atoms with van der Waals surface area (Å²) >= 11 is 0. The molecule has 0 saturated carbocycles. The molecule has 0 heterocycles. The highest BCUT2D eigenvalue weighted by atomic mass is 32.2. The predicted molar refractivity (Wildman–Crippen MR) is 84.4 cm³/mol. The Kier molecular flexibility index (Phi) is 8.32. The third-order valence-corrected chi connectivity index (χ3v) is 3.79. The molecule has 0 aliphatic rings. The number of hydrogen-bond acceptors (Lipinski definition) is 5. The van der Waals surface area contributed by atoms with Crippen LogP contribution in [0.2, 0.25) is 0 Å². The smallest absolute Gasteiger partial charge is 0.129 e. The molecule has 0 fully saturated rings. The Labute approximate surface area is 128 Å². The van der Waals surface area contributed by atoms with Crippen LogP contribution in [0.3, 0.4) is 0 Å². The lowest BCUT2D eigenvalue weighted by atomic mass is 10.0. The van der Waals surface area contributed by atoms with Crippen LogP contribution >= 0.6 is 0 Å². The third kappa shape index (κ3) is 6.52. The summed E-state index contributed by atoms with van der Waals surface area (Å²) in [5.74, 6) is 0. The van der Waals surface area contributed by atoms with Crippen LogP contribution in [-0.4, -0.2) is 29.3 Å². The number of rotatable bonds is 9. The Bertz CT molecular complexity index is 521. The predicted octanol–water partition coefficient (Wildman–Crippen LogP) is 2.19. The van der Waals surface area contributed by atoms with Crippen molar-refractivity contribution in [2.75, 3.05) is 19.4 Å². The van der Waals surface area contributed by atoms with Gasteiger partial charge in [-0.15, -0.1) is 0 Å². The first-order valence-electron chi connectivity index (χ1n) is 6.88. The number of unbranched alkanes of at least 4 members (excludes halogenated alkanes) is 2. The van der Waals surface area contributed by atoms with E-state index in [1.807, 2.05) is 24.3 Å². The second kappa shape index (κ2) is 10.1. The largest absolute Gasteiger partial charge is 0.394 e. The minimum Gasteiger partial charge on any atom is -0.394 e. The Morgan fingerprint density at radius 2 is 2.10 bits per heavy atom. The summed E-state index contributed by atoms with van der Waals surface area (Å²) in [7, 11) is -0.989. The first-order chi connectivity index (χ1) is 10.2. The summed E-state index contributed by atoms with van der Waals surface area (Å²) < 4.78 is 11.4. The molecule has 0 bridgehead atoms. The molecule has 114 valence electrons. The van der Waals surface area contributed by atoms with E-state index in [1.165, 1.54) is 0 Å². The lowest BCUT2D eigenvalue weighted by Crippen LogP contribution is -2.08. The van der Waals surface area contributed by atoms with Crippen molar-refractivity contribution in [3.8, 4) is 6.07 Å². The Hall–Kier alpha value is -1.71. The molecule has 0 aromatic heterocycles. The van der Waals surface area contributed by atoms with Crippen molar-refractivity contribution in [1.29, 1.82) is 5.26 Å². The van der Waals surface area contributed by atoms with E-state index in [1.54, 1.807) is 6.26 Å². The summed E-state index contributed by atoms with van der Waals surface area (Å²) in [6.07, 6.45) is 4.64. The highest BCUT2D eigenvalue weighted by Gasteiger charge is 2.06.